The molecular formula is C13H22N2. The normalized spacial score (nSPS) is 10.5. The lowest BCUT2D eigenvalue weighted by Crippen LogP contribution is -2.29. The van der Waals surface area contributed by atoms with Gasteiger partial charge >= 0.3 is 0 Å². The Hall–Kier alpha value is -1.02. The van der Waals surface area contributed by atoms with Crippen LogP contribution in [0.2, 0.25) is 0 Å². The highest BCUT2D eigenvalue weighted by molar-refractivity contribution is 5.63. The summed E-state index contributed by atoms with van der Waals surface area (Å²) >= 11 is 0. The van der Waals surface area contributed by atoms with Crippen molar-refractivity contribution < 1.29 is 0 Å². The van der Waals surface area contributed by atoms with Crippen LogP contribution in [0.25, 0.3) is 0 Å². The van der Waals surface area contributed by atoms with Gasteiger partial charge in [0, 0.05) is 12.7 Å². The zero-order chi connectivity index (χ0) is 11.6. The molecule has 0 amide bonds. The molecule has 0 bridgehead atoms. The molecule has 0 aliphatic rings. The average molecular weight is 206 g/mol. The van der Waals surface area contributed by atoms with Gasteiger partial charge in [-0.25, -0.2) is 0 Å². The molecule has 2 heteroatoms. The number of benzene rings is 1. The van der Waals surface area contributed by atoms with Crippen molar-refractivity contribution >= 4 is 5.69 Å². The van der Waals surface area contributed by atoms with Crippen molar-refractivity contribution in [2.45, 2.75) is 27.7 Å². The first-order valence-electron chi connectivity index (χ1n) is 5.42. The van der Waals surface area contributed by atoms with Gasteiger partial charge in [-0.1, -0.05) is 6.07 Å². The van der Waals surface area contributed by atoms with Gasteiger partial charge in [-0.2, -0.15) is 0 Å². The molecule has 0 radical (unpaired) electrons. The Morgan fingerprint density at radius 1 is 1.07 bits per heavy atom. The molecule has 0 unspecified atom stereocenters. The van der Waals surface area contributed by atoms with Crippen LogP contribution in [0, 0.1) is 27.7 Å². The lowest BCUT2D eigenvalue weighted by atomic mass is 9.98. The molecule has 1 aromatic carbocycles. The third-order valence-corrected chi connectivity index (χ3v) is 3.10. The largest absolute Gasteiger partial charge is 0.361 e. The minimum atomic E-state index is 0.880. The first kappa shape index (κ1) is 12.1. The number of nitrogens with one attached hydrogen (secondary N) is 1. The Morgan fingerprint density at radius 2 is 1.53 bits per heavy atom. The number of aryl methyl sites for hydroxylation is 2. The van der Waals surface area contributed by atoms with E-state index in [1.165, 1.54) is 27.9 Å². The van der Waals surface area contributed by atoms with Gasteiger partial charge in [0.2, 0.25) is 0 Å². The van der Waals surface area contributed by atoms with Crippen molar-refractivity contribution in [2.75, 3.05) is 25.7 Å². The smallest absolute Gasteiger partial charge is 0.0676 e. The maximum Gasteiger partial charge on any atom is 0.0676 e. The summed E-state index contributed by atoms with van der Waals surface area (Å²) in [6.45, 7) is 9.63. The Bertz CT molecular complexity index is 330. The van der Waals surface area contributed by atoms with E-state index in [9.17, 15) is 0 Å². The van der Waals surface area contributed by atoms with Crippen LogP contribution < -0.4 is 10.2 Å². The zero-order valence-corrected chi connectivity index (χ0v) is 10.7. The maximum atomic E-state index is 3.19. The van der Waals surface area contributed by atoms with E-state index >= 15 is 0 Å². The first-order chi connectivity index (χ1) is 6.99. The second-order valence-electron chi connectivity index (χ2n) is 4.32. The van der Waals surface area contributed by atoms with Crippen molar-refractivity contribution in [3.05, 3.63) is 28.3 Å². The molecule has 84 valence electrons. The Kier molecular flexibility index (Phi) is 3.75. The van der Waals surface area contributed by atoms with Crippen LogP contribution in [-0.4, -0.2) is 20.8 Å². The van der Waals surface area contributed by atoms with E-state index in [1.807, 2.05) is 7.05 Å². The van der Waals surface area contributed by atoms with Crippen molar-refractivity contribution in [3.63, 3.8) is 0 Å². The second-order valence-corrected chi connectivity index (χ2v) is 4.32. The number of hydrogen-bond acceptors (Lipinski definition) is 2. The highest BCUT2D eigenvalue weighted by atomic mass is 15.2. The molecule has 2 nitrogen and oxygen atoms in total. The van der Waals surface area contributed by atoms with Crippen LogP contribution in [0.3, 0.4) is 0 Å². The molecule has 0 aliphatic heterocycles. The van der Waals surface area contributed by atoms with Crippen molar-refractivity contribution in [3.8, 4) is 0 Å². The van der Waals surface area contributed by atoms with E-state index in [0.717, 1.165) is 6.67 Å². The van der Waals surface area contributed by atoms with Gasteiger partial charge in [-0.15, -0.1) is 0 Å². The minimum Gasteiger partial charge on any atom is -0.361 e. The van der Waals surface area contributed by atoms with Gasteiger partial charge in [-0.05, 0) is 57.0 Å². The van der Waals surface area contributed by atoms with E-state index in [1.54, 1.807) is 0 Å². The van der Waals surface area contributed by atoms with Crippen molar-refractivity contribution in [1.82, 2.24) is 5.32 Å². The third-order valence-electron chi connectivity index (χ3n) is 3.10. The van der Waals surface area contributed by atoms with Crippen molar-refractivity contribution in [2.24, 2.45) is 0 Å². The predicted octanol–water partition coefficient (Wildman–Crippen LogP) is 2.53. The molecule has 0 atom stereocenters. The summed E-state index contributed by atoms with van der Waals surface area (Å²) in [5.41, 5.74) is 6.88. The molecule has 0 fully saturated rings. The van der Waals surface area contributed by atoms with Crippen LogP contribution >= 0.6 is 0 Å². The summed E-state index contributed by atoms with van der Waals surface area (Å²) in [5.74, 6) is 0. The van der Waals surface area contributed by atoms with Gasteiger partial charge in [0.1, 0.15) is 0 Å². The van der Waals surface area contributed by atoms with Gasteiger partial charge in [-0.3, -0.25) is 0 Å². The molecule has 1 rings (SSSR count). The van der Waals surface area contributed by atoms with Crippen LogP contribution in [-0.2, 0) is 0 Å². The molecule has 0 spiro atoms. The van der Waals surface area contributed by atoms with E-state index in [4.69, 9.17) is 0 Å². The first-order valence-corrected chi connectivity index (χ1v) is 5.42. The van der Waals surface area contributed by atoms with Crippen LogP contribution in [0.15, 0.2) is 6.07 Å². The summed E-state index contributed by atoms with van der Waals surface area (Å²) < 4.78 is 0. The van der Waals surface area contributed by atoms with Gasteiger partial charge < -0.3 is 10.2 Å². The molecular weight excluding hydrogens is 184 g/mol. The standard InChI is InChI=1S/C13H22N2/c1-9-7-10(2)12(4)13(11(9)3)15(6)8-14-5/h7,14H,8H2,1-6H3. The number of rotatable bonds is 3. The zero-order valence-electron chi connectivity index (χ0n) is 10.7. The fraction of sp³-hybridized carbons (Fsp3) is 0.538. The fourth-order valence-corrected chi connectivity index (χ4v) is 2.08. The highest BCUT2D eigenvalue weighted by Crippen LogP contribution is 2.28. The molecule has 0 aliphatic carbocycles. The topological polar surface area (TPSA) is 15.3 Å². The number of hydrogen-bond donors (Lipinski definition) is 1. The van der Waals surface area contributed by atoms with Gasteiger partial charge in [0.15, 0.2) is 0 Å². The summed E-state index contributed by atoms with van der Waals surface area (Å²) in [6.07, 6.45) is 0. The minimum absolute atomic E-state index is 0.880. The Labute approximate surface area is 93.3 Å². The predicted molar refractivity (Wildman–Crippen MR) is 67.7 cm³/mol. The monoisotopic (exact) mass is 206 g/mol. The maximum absolute atomic E-state index is 3.19. The molecule has 15 heavy (non-hydrogen) atoms. The molecule has 0 saturated heterocycles. The Morgan fingerprint density at radius 3 is 1.93 bits per heavy atom. The van der Waals surface area contributed by atoms with Crippen LogP contribution in [0.4, 0.5) is 5.69 Å². The quantitative estimate of drug-likeness (QED) is 0.765. The lowest BCUT2D eigenvalue weighted by Gasteiger charge is -2.25. The molecule has 0 aromatic heterocycles. The van der Waals surface area contributed by atoms with Gasteiger partial charge in [0.25, 0.3) is 0 Å². The lowest BCUT2D eigenvalue weighted by molar-refractivity contribution is 0.771. The van der Waals surface area contributed by atoms with Crippen LogP contribution in [0.1, 0.15) is 22.3 Å². The highest BCUT2D eigenvalue weighted by Gasteiger charge is 2.11. The molecule has 1 aromatic rings. The van der Waals surface area contributed by atoms with E-state index in [2.05, 4.69) is 51.0 Å². The van der Waals surface area contributed by atoms with E-state index in [-0.39, 0.29) is 0 Å². The molecule has 0 heterocycles. The second kappa shape index (κ2) is 4.67. The molecule has 1 N–H and O–H groups in total. The van der Waals surface area contributed by atoms with Crippen LogP contribution in [0.5, 0.6) is 0 Å². The number of anilines is 1. The third kappa shape index (κ3) is 2.32. The van der Waals surface area contributed by atoms with Gasteiger partial charge in [0.05, 0.1) is 6.67 Å². The summed E-state index contributed by atoms with van der Waals surface area (Å²) in [4.78, 5) is 2.27. The average Bonchev–Trinajstić information content (AvgIpc) is 2.16. The SMILES string of the molecule is CNCN(C)c1c(C)c(C)cc(C)c1C. The molecule has 0 saturated carbocycles. The van der Waals surface area contributed by atoms with E-state index in [0.29, 0.717) is 0 Å². The van der Waals surface area contributed by atoms with E-state index < -0.39 is 0 Å². The summed E-state index contributed by atoms with van der Waals surface area (Å²) in [7, 11) is 4.11. The summed E-state index contributed by atoms with van der Waals surface area (Å²) in [6, 6.07) is 2.27. The van der Waals surface area contributed by atoms with Crippen molar-refractivity contribution in [1.29, 1.82) is 0 Å². The number of nitrogens with zero attached hydrogens (tertiary/aromatic N) is 1. The fourth-order valence-electron chi connectivity index (χ4n) is 2.08. The summed E-state index contributed by atoms with van der Waals surface area (Å²) in [5, 5.41) is 3.19. The Balaban J connectivity index is 3.26.